The van der Waals surface area contributed by atoms with Gasteiger partial charge in [-0.25, -0.2) is 4.79 Å². The molecule has 1 aliphatic heterocycles. The summed E-state index contributed by atoms with van der Waals surface area (Å²) in [6, 6.07) is 5.92. The van der Waals surface area contributed by atoms with Gasteiger partial charge in [0.15, 0.2) is 0 Å². The van der Waals surface area contributed by atoms with E-state index < -0.39 is 23.3 Å². The SMILES string of the molecule is CCN1C(=O)N(CC)[C@@]2(O)C(=O)c3ccccc3[C@@]12O. The summed E-state index contributed by atoms with van der Waals surface area (Å²) in [5.74, 6) is -0.637. The molecular formula is C14H16N2O4. The lowest BCUT2D eigenvalue weighted by Gasteiger charge is -2.36. The summed E-state index contributed by atoms with van der Waals surface area (Å²) in [5, 5.41) is 21.9. The molecule has 6 heteroatoms. The standard InChI is InChI=1S/C14H16N2O4/c1-3-15-12(18)16(4-2)14(20)11(17)9-7-5-6-8-10(9)13(14,15)19/h5-8,19-20H,3-4H2,1-2H3/t13-,14+/m0/s1. The molecule has 2 amide bonds. The summed E-state index contributed by atoms with van der Waals surface area (Å²) in [6.45, 7) is 3.68. The maximum atomic E-state index is 12.6. The second-order valence-corrected chi connectivity index (χ2v) is 4.99. The van der Waals surface area contributed by atoms with Crippen LogP contribution >= 0.6 is 0 Å². The van der Waals surface area contributed by atoms with Gasteiger partial charge >= 0.3 is 6.03 Å². The first-order valence-electron chi connectivity index (χ1n) is 6.62. The van der Waals surface area contributed by atoms with Crippen molar-refractivity contribution in [2.75, 3.05) is 13.1 Å². The topological polar surface area (TPSA) is 81.1 Å². The van der Waals surface area contributed by atoms with Crippen LogP contribution in [0.25, 0.3) is 0 Å². The average molecular weight is 276 g/mol. The maximum absolute atomic E-state index is 12.6. The Morgan fingerprint density at radius 2 is 1.55 bits per heavy atom. The smallest absolute Gasteiger partial charge is 0.325 e. The average Bonchev–Trinajstić information content (AvgIpc) is 2.73. The van der Waals surface area contributed by atoms with Crippen LogP contribution in [0, 0.1) is 0 Å². The number of fused-ring (bicyclic) bond motifs is 3. The Labute approximate surface area is 116 Å². The van der Waals surface area contributed by atoms with E-state index >= 15 is 0 Å². The first-order valence-corrected chi connectivity index (χ1v) is 6.62. The van der Waals surface area contributed by atoms with E-state index in [0.717, 1.165) is 9.80 Å². The molecule has 0 unspecified atom stereocenters. The number of amides is 2. The van der Waals surface area contributed by atoms with Crippen molar-refractivity contribution in [3.05, 3.63) is 35.4 Å². The molecule has 106 valence electrons. The number of likely N-dealkylation sites (N-methyl/N-ethyl adjacent to an activating group) is 2. The second-order valence-electron chi connectivity index (χ2n) is 4.99. The molecule has 0 spiro atoms. The van der Waals surface area contributed by atoms with Crippen LogP contribution in [0.3, 0.4) is 0 Å². The lowest BCUT2D eigenvalue weighted by Crippen LogP contribution is -2.60. The first kappa shape index (κ1) is 13.1. The molecule has 2 N–H and O–H groups in total. The number of rotatable bonds is 2. The van der Waals surface area contributed by atoms with Crippen molar-refractivity contribution in [3.8, 4) is 0 Å². The number of nitrogens with zero attached hydrogens (tertiary/aromatic N) is 2. The molecule has 20 heavy (non-hydrogen) atoms. The highest BCUT2D eigenvalue weighted by Crippen LogP contribution is 2.52. The first-order chi connectivity index (χ1) is 9.44. The molecule has 1 aromatic rings. The van der Waals surface area contributed by atoms with Crippen molar-refractivity contribution >= 4 is 11.8 Å². The molecule has 1 aromatic carbocycles. The van der Waals surface area contributed by atoms with Crippen molar-refractivity contribution in [1.82, 2.24) is 9.80 Å². The number of ketones is 1. The van der Waals surface area contributed by atoms with E-state index in [0.29, 0.717) is 0 Å². The molecule has 1 aliphatic carbocycles. The van der Waals surface area contributed by atoms with E-state index in [1.165, 1.54) is 0 Å². The number of hydrogen-bond donors (Lipinski definition) is 2. The number of carbonyl (C=O) groups excluding carboxylic acids is 2. The zero-order chi connectivity index (χ0) is 14.7. The minimum atomic E-state index is -2.25. The van der Waals surface area contributed by atoms with Crippen LogP contribution in [0.4, 0.5) is 4.79 Å². The molecule has 0 aromatic heterocycles. The van der Waals surface area contributed by atoms with Gasteiger partial charge in [-0.1, -0.05) is 24.3 Å². The fourth-order valence-electron chi connectivity index (χ4n) is 3.31. The fraction of sp³-hybridized carbons (Fsp3) is 0.429. The normalized spacial score (nSPS) is 31.8. The van der Waals surface area contributed by atoms with Gasteiger partial charge in [-0.05, 0) is 13.8 Å². The van der Waals surface area contributed by atoms with Gasteiger partial charge in [0, 0.05) is 24.2 Å². The van der Waals surface area contributed by atoms with Crippen molar-refractivity contribution in [2.45, 2.75) is 25.3 Å². The van der Waals surface area contributed by atoms with E-state index in [4.69, 9.17) is 0 Å². The van der Waals surface area contributed by atoms with Gasteiger partial charge in [-0.2, -0.15) is 0 Å². The molecule has 2 atom stereocenters. The van der Waals surface area contributed by atoms with E-state index in [1.807, 2.05) is 0 Å². The zero-order valence-electron chi connectivity index (χ0n) is 11.3. The minimum Gasteiger partial charge on any atom is -0.362 e. The molecule has 2 aliphatic rings. The van der Waals surface area contributed by atoms with Gasteiger partial charge in [0.25, 0.3) is 5.72 Å². The molecule has 0 saturated carbocycles. The summed E-state index contributed by atoms with van der Waals surface area (Å²) >= 11 is 0. The Kier molecular flexibility index (Phi) is 2.49. The van der Waals surface area contributed by atoms with Gasteiger partial charge in [-0.15, -0.1) is 0 Å². The van der Waals surface area contributed by atoms with Gasteiger partial charge in [0.05, 0.1) is 0 Å². The van der Waals surface area contributed by atoms with E-state index in [2.05, 4.69) is 0 Å². The van der Waals surface area contributed by atoms with Crippen molar-refractivity contribution < 1.29 is 19.8 Å². The summed E-state index contributed by atoms with van der Waals surface area (Å²) in [5.41, 5.74) is -3.75. The predicted molar refractivity (Wildman–Crippen MR) is 69.8 cm³/mol. The molecule has 0 radical (unpaired) electrons. The summed E-state index contributed by atoms with van der Waals surface area (Å²) in [4.78, 5) is 27.0. The number of carbonyl (C=O) groups is 2. The number of benzene rings is 1. The summed E-state index contributed by atoms with van der Waals surface area (Å²) in [6.07, 6.45) is 0. The number of hydrogen-bond acceptors (Lipinski definition) is 4. The quantitative estimate of drug-likeness (QED) is 0.824. The second kappa shape index (κ2) is 3.80. The van der Waals surface area contributed by atoms with Gasteiger partial charge in [-0.3, -0.25) is 14.6 Å². The summed E-state index contributed by atoms with van der Waals surface area (Å²) < 4.78 is 0. The van der Waals surface area contributed by atoms with Crippen molar-refractivity contribution in [2.24, 2.45) is 0 Å². The van der Waals surface area contributed by atoms with Gasteiger partial charge in [0.2, 0.25) is 11.5 Å². The fourth-order valence-corrected chi connectivity index (χ4v) is 3.31. The molecule has 6 nitrogen and oxygen atoms in total. The Morgan fingerprint density at radius 3 is 2.15 bits per heavy atom. The minimum absolute atomic E-state index is 0.133. The Morgan fingerprint density at radius 1 is 1.00 bits per heavy atom. The molecule has 1 heterocycles. The van der Waals surface area contributed by atoms with Crippen LogP contribution in [0.15, 0.2) is 24.3 Å². The monoisotopic (exact) mass is 276 g/mol. The van der Waals surface area contributed by atoms with Crippen LogP contribution in [-0.4, -0.2) is 50.6 Å². The van der Waals surface area contributed by atoms with Crippen molar-refractivity contribution in [1.29, 1.82) is 0 Å². The third kappa shape index (κ3) is 1.08. The molecular weight excluding hydrogens is 260 g/mol. The molecule has 0 bridgehead atoms. The molecule has 1 fully saturated rings. The van der Waals surface area contributed by atoms with E-state index in [1.54, 1.807) is 38.1 Å². The Balaban J connectivity index is 2.34. The highest BCUT2D eigenvalue weighted by atomic mass is 16.4. The van der Waals surface area contributed by atoms with Crippen molar-refractivity contribution in [3.63, 3.8) is 0 Å². The van der Waals surface area contributed by atoms with Crippen LogP contribution in [0.1, 0.15) is 29.8 Å². The van der Waals surface area contributed by atoms with Gasteiger partial charge in [0.1, 0.15) is 0 Å². The van der Waals surface area contributed by atoms with E-state index in [9.17, 15) is 19.8 Å². The van der Waals surface area contributed by atoms with Crippen LogP contribution in [-0.2, 0) is 5.72 Å². The lowest BCUT2D eigenvalue weighted by atomic mass is 9.98. The van der Waals surface area contributed by atoms with Gasteiger partial charge < -0.3 is 10.2 Å². The maximum Gasteiger partial charge on any atom is 0.325 e. The van der Waals surface area contributed by atoms with Crippen LogP contribution in [0.2, 0.25) is 0 Å². The largest absolute Gasteiger partial charge is 0.362 e. The third-order valence-corrected chi connectivity index (χ3v) is 4.23. The third-order valence-electron chi connectivity index (χ3n) is 4.23. The number of aliphatic hydroxyl groups is 2. The summed E-state index contributed by atoms with van der Waals surface area (Å²) in [7, 11) is 0. The number of urea groups is 1. The highest BCUT2D eigenvalue weighted by molar-refractivity contribution is 6.11. The molecule has 3 rings (SSSR count). The zero-order valence-corrected chi connectivity index (χ0v) is 11.3. The predicted octanol–water partition coefficient (Wildman–Crippen LogP) is 0.494. The number of Topliss-reactive ketones (excluding diaryl/α,β-unsaturated/α-hetero) is 1. The van der Waals surface area contributed by atoms with Crippen LogP contribution < -0.4 is 0 Å². The highest BCUT2D eigenvalue weighted by Gasteiger charge is 2.75. The Bertz CT molecular complexity index is 617. The molecule has 1 saturated heterocycles. The lowest BCUT2D eigenvalue weighted by molar-refractivity contribution is -0.199. The Hall–Kier alpha value is -1.92. The van der Waals surface area contributed by atoms with E-state index in [-0.39, 0.29) is 24.2 Å². The van der Waals surface area contributed by atoms with Crippen LogP contribution in [0.5, 0.6) is 0 Å².